The van der Waals surface area contributed by atoms with Gasteiger partial charge in [0.05, 0.1) is 7.11 Å². The first-order chi connectivity index (χ1) is 12.2. The van der Waals surface area contributed by atoms with Crippen LogP contribution >= 0.6 is 0 Å². The van der Waals surface area contributed by atoms with Gasteiger partial charge in [-0.2, -0.15) is 0 Å². The Hall–Kier alpha value is -2.86. The third-order valence-corrected chi connectivity index (χ3v) is 3.84. The van der Waals surface area contributed by atoms with Gasteiger partial charge in [0.25, 0.3) is 0 Å². The van der Waals surface area contributed by atoms with Crippen molar-refractivity contribution in [3.8, 4) is 0 Å². The maximum absolute atomic E-state index is 12.7. The Morgan fingerprint density at radius 3 is 1.96 bits per heavy atom. The van der Waals surface area contributed by atoms with Gasteiger partial charge in [-0.05, 0) is 11.1 Å². The van der Waals surface area contributed by atoms with Crippen LogP contribution in [0.4, 0.5) is 4.79 Å². The second-order valence-electron chi connectivity index (χ2n) is 5.49. The van der Waals surface area contributed by atoms with Crippen molar-refractivity contribution in [3.63, 3.8) is 0 Å². The number of alkyl carbamates (subject to hydrolysis) is 1. The molecule has 0 spiro atoms. The van der Waals surface area contributed by atoms with Crippen LogP contribution < -0.4 is 16.4 Å². The van der Waals surface area contributed by atoms with Crippen molar-refractivity contribution in [2.45, 2.75) is 12.0 Å². The van der Waals surface area contributed by atoms with E-state index in [1.54, 1.807) is 0 Å². The second-order valence-corrected chi connectivity index (χ2v) is 5.49. The third-order valence-electron chi connectivity index (χ3n) is 3.84. The summed E-state index contributed by atoms with van der Waals surface area (Å²) in [5, 5.41) is 5.41. The molecule has 0 aromatic heterocycles. The molecule has 0 aliphatic carbocycles. The molecule has 0 saturated heterocycles. The highest BCUT2D eigenvalue weighted by Crippen LogP contribution is 2.28. The van der Waals surface area contributed by atoms with E-state index in [0.717, 1.165) is 11.1 Å². The lowest BCUT2D eigenvalue weighted by atomic mass is 9.84. The number of carbonyl (C=O) groups excluding carboxylic acids is 2. The fraction of sp³-hybridized carbons (Fsp3) is 0.263. The molecular weight excluding hydrogens is 318 g/mol. The van der Waals surface area contributed by atoms with Crippen LogP contribution in [0, 0.1) is 0 Å². The first kappa shape index (κ1) is 18.5. The summed E-state index contributed by atoms with van der Waals surface area (Å²) in [6.45, 7) is 0.645. The monoisotopic (exact) mass is 341 g/mol. The predicted molar refractivity (Wildman–Crippen MR) is 96.1 cm³/mol. The maximum atomic E-state index is 12.7. The summed E-state index contributed by atoms with van der Waals surface area (Å²) < 4.78 is 4.70. The quantitative estimate of drug-likeness (QED) is 0.713. The number of hydrogen-bond donors (Lipinski definition) is 3. The summed E-state index contributed by atoms with van der Waals surface area (Å²) in [5.41, 5.74) is 7.31. The number of hydrogen-bond acceptors (Lipinski definition) is 4. The molecule has 0 radical (unpaired) electrons. The molecule has 0 bridgehead atoms. The molecule has 0 aliphatic heterocycles. The molecule has 2 rings (SSSR count). The minimum atomic E-state index is -0.830. The van der Waals surface area contributed by atoms with Crippen LogP contribution in [0.3, 0.4) is 0 Å². The number of nitrogens with two attached hydrogens (primary N) is 1. The van der Waals surface area contributed by atoms with E-state index in [4.69, 9.17) is 10.5 Å². The smallest absolute Gasteiger partial charge is 0.407 e. The fourth-order valence-electron chi connectivity index (χ4n) is 2.69. The van der Waals surface area contributed by atoms with Gasteiger partial charge in [-0.3, -0.25) is 4.79 Å². The van der Waals surface area contributed by atoms with E-state index in [1.807, 2.05) is 60.7 Å². The molecule has 2 aromatic carbocycles. The normalized spacial score (nSPS) is 11.6. The Morgan fingerprint density at radius 1 is 1.00 bits per heavy atom. The van der Waals surface area contributed by atoms with E-state index < -0.39 is 12.1 Å². The Kier molecular flexibility index (Phi) is 6.98. The number of carbonyl (C=O) groups is 2. The highest BCUT2D eigenvalue weighted by atomic mass is 16.5. The molecule has 132 valence electrons. The van der Waals surface area contributed by atoms with Gasteiger partial charge in [0, 0.05) is 19.0 Å². The fourth-order valence-corrected chi connectivity index (χ4v) is 2.69. The molecule has 0 fully saturated rings. The number of methoxy groups -OCH3 is 1. The van der Waals surface area contributed by atoms with Crippen molar-refractivity contribution in [2.24, 2.45) is 5.73 Å². The van der Waals surface area contributed by atoms with Crippen LogP contribution in [0.1, 0.15) is 17.0 Å². The lowest BCUT2D eigenvalue weighted by Crippen LogP contribution is -2.51. The van der Waals surface area contributed by atoms with Crippen molar-refractivity contribution < 1.29 is 14.3 Å². The van der Waals surface area contributed by atoms with E-state index in [0.29, 0.717) is 13.1 Å². The topological polar surface area (TPSA) is 93.4 Å². The number of ether oxygens (including phenoxy) is 1. The number of nitrogens with one attached hydrogen (secondary N) is 2. The van der Waals surface area contributed by atoms with Crippen LogP contribution in [0.25, 0.3) is 0 Å². The molecule has 2 amide bonds. The van der Waals surface area contributed by atoms with E-state index in [1.165, 1.54) is 7.11 Å². The van der Waals surface area contributed by atoms with Crippen molar-refractivity contribution in [1.29, 1.82) is 0 Å². The Labute approximate surface area is 147 Å². The summed E-state index contributed by atoms with van der Waals surface area (Å²) in [6.07, 6.45) is -0.662. The lowest BCUT2D eigenvalue weighted by molar-refractivity contribution is -0.123. The molecule has 0 aliphatic rings. The summed E-state index contributed by atoms with van der Waals surface area (Å²) in [4.78, 5) is 24.5. The SMILES string of the molecule is COC(=O)NC(C(=O)NCCN)C(c1ccccc1)c1ccccc1. The Balaban J connectivity index is 2.44. The van der Waals surface area contributed by atoms with Gasteiger partial charge < -0.3 is 21.1 Å². The Morgan fingerprint density at radius 2 is 1.52 bits per heavy atom. The molecule has 1 atom stereocenters. The van der Waals surface area contributed by atoms with Crippen LogP contribution in [0.2, 0.25) is 0 Å². The summed E-state index contributed by atoms with van der Waals surface area (Å²) in [5.74, 6) is -0.673. The van der Waals surface area contributed by atoms with Crippen LogP contribution in [-0.4, -0.2) is 38.2 Å². The highest BCUT2D eigenvalue weighted by Gasteiger charge is 2.32. The van der Waals surface area contributed by atoms with E-state index >= 15 is 0 Å². The van der Waals surface area contributed by atoms with Gasteiger partial charge >= 0.3 is 6.09 Å². The molecular formula is C19H23N3O3. The molecule has 6 heteroatoms. The van der Waals surface area contributed by atoms with Crippen LogP contribution in [0.5, 0.6) is 0 Å². The zero-order valence-corrected chi connectivity index (χ0v) is 14.1. The minimum Gasteiger partial charge on any atom is -0.453 e. The first-order valence-corrected chi connectivity index (χ1v) is 8.09. The van der Waals surface area contributed by atoms with E-state index in [9.17, 15) is 9.59 Å². The van der Waals surface area contributed by atoms with E-state index in [2.05, 4.69) is 10.6 Å². The van der Waals surface area contributed by atoms with Gasteiger partial charge in [-0.25, -0.2) is 4.79 Å². The second kappa shape index (κ2) is 9.44. The van der Waals surface area contributed by atoms with E-state index in [-0.39, 0.29) is 11.8 Å². The number of rotatable bonds is 7. The average Bonchev–Trinajstić information content (AvgIpc) is 2.67. The standard InChI is InChI=1S/C19H23N3O3/c1-25-19(24)22-17(18(23)21-13-12-20)16(14-8-4-2-5-9-14)15-10-6-3-7-11-15/h2-11,16-17H,12-13,20H2,1H3,(H,21,23)(H,22,24). The molecule has 0 saturated carbocycles. The van der Waals surface area contributed by atoms with Crippen molar-refractivity contribution in [3.05, 3.63) is 71.8 Å². The van der Waals surface area contributed by atoms with Crippen LogP contribution in [-0.2, 0) is 9.53 Å². The van der Waals surface area contributed by atoms with Gasteiger partial charge in [-0.15, -0.1) is 0 Å². The van der Waals surface area contributed by atoms with Gasteiger partial charge in [0.15, 0.2) is 0 Å². The molecule has 0 heterocycles. The summed E-state index contributed by atoms with van der Waals surface area (Å²) in [6, 6.07) is 18.3. The summed E-state index contributed by atoms with van der Waals surface area (Å²) >= 11 is 0. The minimum absolute atomic E-state index is 0.312. The van der Waals surface area contributed by atoms with Gasteiger partial charge in [-0.1, -0.05) is 60.7 Å². The third kappa shape index (κ3) is 5.06. The maximum Gasteiger partial charge on any atom is 0.407 e. The average molecular weight is 341 g/mol. The molecule has 25 heavy (non-hydrogen) atoms. The first-order valence-electron chi connectivity index (χ1n) is 8.09. The number of amides is 2. The molecule has 2 aromatic rings. The van der Waals surface area contributed by atoms with Crippen LogP contribution in [0.15, 0.2) is 60.7 Å². The predicted octanol–water partition coefficient (Wildman–Crippen LogP) is 1.62. The summed E-state index contributed by atoms with van der Waals surface area (Å²) in [7, 11) is 1.27. The molecule has 4 N–H and O–H groups in total. The zero-order chi connectivity index (χ0) is 18.1. The van der Waals surface area contributed by atoms with Gasteiger partial charge in [0.1, 0.15) is 6.04 Å². The molecule has 1 unspecified atom stereocenters. The zero-order valence-electron chi connectivity index (χ0n) is 14.1. The largest absolute Gasteiger partial charge is 0.453 e. The van der Waals surface area contributed by atoms with Gasteiger partial charge in [0.2, 0.25) is 5.91 Å². The van der Waals surface area contributed by atoms with Crippen molar-refractivity contribution in [1.82, 2.24) is 10.6 Å². The van der Waals surface area contributed by atoms with Crippen molar-refractivity contribution >= 4 is 12.0 Å². The van der Waals surface area contributed by atoms with Crippen molar-refractivity contribution in [2.75, 3.05) is 20.2 Å². The number of benzene rings is 2. The molecule has 6 nitrogen and oxygen atoms in total. The lowest BCUT2D eigenvalue weighted by Gasteiger charge is -2.27. The highest BCUT2D eigenvalue weighted by molar-refractivity contribution is 5.87. The Bertz CT molecular complexity index is 637.